The number of anilines is 1. The highest BCUT2D eigenvalue weighted by atomic mass is 35.5. The van der Waals surface area contributed by atoms with Crippen molar-refractivity contribution in [3.63, 3.8) is 0 Å². The Morgan fingerprint density at radius 2 is 2.07 bits per heavy atom. The first-order chi connectivity index (χ1) is 7.18. The normalized spacial score (nSPS) is 11.6. The van der Waals surface area contributed by atoms with Gasteiger partial charge in [0, 0.05) is 0 Å². The zero-order valence-electron chi connectivity index (χ0n) is 7.24. The average Bonchev–Trinajstić information content (AvgIpc) is 2.73. The van der Waals surface area contributed by atoms with E-state index in [1.807, 2.05) is 6.07 Å². The Morgan fingerprint density at radius 1 is 1.27 bits per heavy atom. The van der Waals surface area contributed by atoms with Gasteiger partial charge in [0.2, 0.25) is 10.9 Å². The van der Waals surface area contributed by atoms with Gasteiger partial charge in [0.05, 0.1) is 20.3 Å². The van der Waals surface area contributed by atoms with Crippen molar-refractivity contribution in [2.45, 2.75) is 0 Å². The third-order valence-electron chi connectivity index (χ3n) is 2.12. The molecule has 76 valence electrons. The van der Waals surface area contributed by atoms with E-state index in [-0.39, 0.29) is 0 Å². The maximum atomic E-state index is 6.12. The van der Waals surface area contributed by atoms with E-state index in [0.717, 1.165) is 10.2 Å². The molecule has 1 aromatic carbocycles. The Kier molecular flexibility index (Phi) is 1.83. The first kappa shape index (κ1) is 9.21. The minimum atomic E-state index is 0.320. The van der Waals surface area contributed by atoms with Crippen molar-refractivity contribution in [3.8, 4) is 0 Å². The highest BCUT2D eigenvalue weighted by Gasteiger charge is 2.14. The maximum absolute atomic E-state index is 6.12. The molecule has 2 aromatic heterocycles. The fourth-order valence-electron chi connectivity index (χ4n) is 1.47. The molecule has 0 saturated carbocycles. The van der Waals surface area contributed by atoms with Gasteiger partial charge in [-0.3, -0.25) is 4.40 Å². The number of nitrogens with zero attached hydrogens (tertiary/aromatic N) is 3. The van der Waals surface area contributed by atoms with Crippen LogP contribution in [0.1, 0.15) is 0 Å². The van der Waals surface area contributed by atoms with Gasteiger partial charge in [-0.05, 0) is 12.1 Å². The van der Waals surface area contributed by atoms with Crippen molar-refractivity contribution in [3.05, 3.63) is 22.2 Å². The second kappa shape index (κ2) is 2.98. The second-order valence-corrected chi connectivity index (χ2v) is 4.78. The second-order valence-electron chi connectivity index (χ2n) is 2.99. The maximum Gasteiger partial charge on any atom is 0.227 e. The van der Waals surface area contributed by atoms with Gasteiger partial charge in [-0.15, -0.1) is 10.2 Å². The van der Waals surface area contributed by atoms with E-state index >= 15 is 0 Å². The lowest BCUT2D eigenvalue weighted by Gasteiger charge is -1.98. The molecule has 3 rings (SSSR count). The van der Waals surface area contributed by atoms with Crippen LogP contribution in [-0.2, 0) is 0 Å². The Morgan fingerprint density at radius 3 is 2.87 bits per heavy atom. The van der Waals surface area contributed by atoms with Crippen molar-refractivity contribution in [2.24, 2.45) is 0 Å². The number of rotatable bonds is 0. The SMILES string of the molecule is Nc1nnc2sc3ccc(Cl)c(Cl)c3n12. The summed E-state index contributed by atoms with van der Waals surface area (Å²) < 4.78 is 2.69. The summed E-state index contributed by atoms with van der Waals surface area (Å²) in [7, 11) is 0. The topological polar surface area (TPSA) is 56.2 Å². The van der Waals surface area contributed by atoms with E-state index < -0.39 is 0 Å². The molecule has 0 radical (unpaired) electrons. The number of hydrogen-bond donors (Lipinski definition) is 1. The van der Waals surface area contributed by atoms with E-state index in [0.29, 0.717) is 21.0 Å². The molecular weight excluding hydrogens is 255 g/mol. The van der Waals surface area contributed by atoms with Crippen LogP contribution in [0.15, 0.2) is 12.1 Å². The Balaban J connectivity index is 2.65. The summed E-state index contributed by atoms with van der Waals surface area (Å²) in [6.45, 7) is 0. The van der Waals surface area contributed by atoms with Crippen LogP contribution in [0.4, 0.5) is 5.95 Å². The molecule has 0 atom stereocenters. The molecule has 0 amide bonds. The number of halogens is 2. The van der Waals surface area contributed by atoms with Crippen LogP contribution in [0.5, 0.6) is 0 Å². The van der Waals surface area contributed by atoms with Crippen molar-refractivity contribution in [1.82, 2.24) is 14.6 Å². The zero-order chi connectivity index (χ0) is 10.6. The molecule has 2 heterocycles. The van der Waals surface area contributed by atoms with Gasteiger partial charge in [-0.1, -0.05) is 34.5 Å². The van der Waals surface area contributed by atoms with E-state index in [1.165, 1.54) is 11.3 Å². The zero-order valence-corrected chi connectivity index (χ0v) is 9.57. The van der Waals surface area contributed by atoms with Gasteiger partial charge >= 0.3 is 0 Å². The molecule has 2 N–H and O–H groups in total. The third-order valence-corrected chi connectivity index (χ3v) is 3.91. The summed E-state index contributed by atoms with van der Waals surface area (Å²) in [4.78, 5) is 0.715. The highest BCUT2D eigenvalue weighted by molar-refractivity contribution is 7.23. The highest BCUT2D eigenvalue weighted by Crippen LogP contribution is 2.36. The van der Waals surface area contributed by atoms with E-state index in [1.54, 1.807) is 10.5 Å². The number of aromatic nitrogens is 3. The van der Waals surface area contributed by atoms with Crippen LogP contribution in [0.25, 0.3) is 15.2 Å². The molecule has 0 spiro atoms. The minimum absolute atomic E-state index is 0.320. The first-order valence-corrected chi connectivity index (χ1v) is 5.63. The van der Waals surface area contributed by atoms with Crippen molar-refractivity contribution >= 4 is 55.7 Å². The van der Waals surface area contributed by atoms with Gasteiger partial charge in [0.15, 0.2) is 0 Å². The number of benzene rings is 1. The molecule has 0 fully saturated rings. The van der Waals surface area contributed by atoms with Gasteiger partial charge < -0.3 is 5.73 Å². The fourth-order valence-corrected chi connectivity index (χ4v) is 2.91. The summed E-state index contributed by atoms with van der Waals surface area (Å²) in [6, 6.07) is 3.65. The van der Waals surface area contributed by atoms with Crippen molar-refractivity contribution in [1.29, 1.82) is 0 Å². The van der Waals surface area contributed by atoms with Crippen LogP contribution < -0.4 is 5.73 Å². The fraction of sp³-hybridized carbons (Fsp3) is 0. The quantitative estimate of drug-likeness (QED) is 0.675. The Hall–Kier alpha value is -1.04. The monoisotopic (exact) mass is 258 g/mol. The summed E-state index contributed by atoms with van der Waals surface area (Å²) in [5.74, 6) is 0.320. The minimum Gasteiger partial charge on any atom is -0.368 e. The molecular formula is C8H4Cl2N4S. The van der Waals surface area contributed by atoms with E-state index in [2.05, 4.69) is 10.2 Å². The van der Waals surface area contributed by atoms with Crippen LogP contribution in [-0.4, -0.2) is 14.6 Å². The molecule has 0 saturated heterocycles. The van der Waals surface area contributed by atoms with Crippen LogP contribution in [0, 0.1) is 0 Å². The number of hydrogen-bond acceptors (Lipinski definition) is 4. The largest absolute Gasteiger partial charge is 0.368 e. The van der Waals surface area contributed by atoms with Gasteiger partial charge in [-0.25, -0.2) is 0 Å². The molecule has 15 heavy (non-hydrogen) atoms. The van der Waals surface area contributed by atoms with Gasteiger partial charge in [0.25, 0.3) is 0 Å². The average molecular weight is 259 g/mol. The predicted molar refractivity (Wildman–Crippen MR) is 62.8 cm³/mol. The molecule has 4 nitrogen and oxygen atoms in total. The summed E-state index contributed by atoms with van der Waals surface area (Å²) in [5.41, 5.74) is 6.47. The number of nitrogens with two attached hydrogens (primary N) is 1. The number of fused-ring (bicyclic) bond motifs is 3. The van der Waals surface area contributed by atoms with E-state index in [9.17, 15) is 0 Å². The molecule has 0 aliphatic heterocycles. The van der Waals surface area contributed by atoms with Gasteiger partial charge in [0.1, 0.15) is 0 Å². The standard InChI is InChI=1S/C8H4Cl2N4S/c9-3-1-2-4-6(5(3)10)14-7(11)12-13-8(14)15-4/h1-2H,(H2,11,12). The summed E-state index contributed by atoms with van der Waals surface area (Å²) >= 11 is 13.5. The van der Waals surface area contributed by atoms with E-state index in [4.69, 9.17) is 28.9 Å². The Labute approximate surface area is 98.2 Å². The third kappa shape index (κ3) is 1.14. The molecule has 3 aromatic rings. The Bertz CT molecular complexity index is 672. The smallest absolute Gasteiger partial charge is 0.227 e. The molecule has 0 aliphatic carbocycles. The molecule has 0 bridgehead atoms. The lowest BCUT2D eigenvalue weighted by atomic mass is 10.3. The number of thiazole rings is 1. The molecule has 0 unspecified atom stereocenters. The van der Waals surface area contributed by atoms with Crippen molar-refractivity contribution < 1.29 is 0 Å². The van der Waals surface area contributed by atoms with Gasteiger partial charge in [-0.2, -0.15) is 0 Å². The van der Waals surface area contributed by atoms with Crippen LogP contribution in [0.3, 0.4) is 0 Å². The summed E-state index contributed by atoms with van der Waals surface area (Å²) in [5, 5.41) is 8.68. The van der Waals surface area contributed by atoms with Crippen LogP contribution >= 0.6 is 34.5 Å². The predicted octanol–water partition coefficient (Wildman–Crippen LogP) is 2.83. The van der Waals surface area contributed by atoms with Crippen molar-refractivity contribution in [2.75, 3.05) is 5.73 Å². The van der Waals surface area contributed by atoms with Crippen LogP contribution in [0.2, 0.25) is 10.0 Å². The number of nitrogen functional groups attached to an aromatic ring is 1. The molecule has 7 heteroatoms. The summed E-state index contributed by atoms with van der Waals surface area (Å²) in [6.07, 6.45) is 0. The first-order valence-electron chi connectivity index (χ1n) is 4.05. The lowest BCUT2D eigenvalue weighted by molar-refractivity contribution is 1.12. The lowest BCUT2D eigenvalue weighted by Crippen LogP contribution is -1.92. The molecule has 0 aliphatic rings.